The molecule has 0 aromatic heterocycles. The highest BCUT2D eigenvalue weighted by atomic mass is 19.1. The average Bonchev–Trinajstić information content (AvgIpc) is 3.26. The summed E-state index contributed by atoms with van der Waals surface area (Å²) in [6, 6.07) is 2.57. The quantitative estimate of drug-likeness (QED) is 0.840. The van der Waals surface area contributed by atoms with Gasteiger partial charge in [0.05, 0.1) is 12.6 Å². The first-order chi connectivity index (χ1) is 10.5. The van der Waals surface area contributed by atoms with Crippen LogP contribution >= 0.6 is 0 Å². The number of urea groups is 1. The summed E-state index contributed by atoms with van der Waals surface area (Å²) in [4.78, 5) is 14.0. The Hall–Kier alpha value is -1.69. The summed E-state index contributed by atoms with van der Waals surface area (Å²) in [5.74, 6) is -0.736. The molecule has 1 aromatic carbocycles. The molecule has 2 amide bonds. The van der Waals surface area contributed by atoms with Gasteiger partial charge in [-0.1, -0.05) is 0 Å². The number of amides is 2. The molecule has 6 heteroatoms. The summed E-state index contributed by atoms with van der Waals surface area (Å²) in [7, 11) is 1.59. The third kappa shape index (κ3) is 4.94. The van der Waals surface area contributed by atoms with E-state index in [2.05, 4.69) is 5.32 Å². The monoisotopic (exact) mass is 312 g/mol. The van der Waals surface area contributed by atoms with Gasteiger partial charge < -0.3 is 15.0 Å². The van der Waals surface area contributed by atoms with Crippen molar-refractivity contribution in [1.82, 2.24) is 10.2 Å². The van der Waals surface area contributed by atoms with E-state index in [1.807, 2.05) is 0 Å². The predicted molar refractivity (Wildman–Crippen MR) is 79.5 cm³/mol. The van der Waals surface area contributed by atoms with Gasteiger partial charge in [-0.3, -0.25) is 0 Å². The molecule has 0 heterocycles. The van der Waals surface area contributed by atoms with Crippen LogP contribution in [-0.4, -0.2) is 37.7 Å². The third-order valence-electron chi connectivity index (χ3n) is 3.75. The van der Waals surface area contributed by atoms with E-state index in [0.29, 0.717) is 31.2 Å². The maximum atomic E-state index is 13.3. The van der Waals surface area contributed by atoms with E-state index >= 15 is 0 Å². The Labute approximate surface area is 129 Å². The van der Waals surface area contributed by atoms with Gasteiger partial charge in [-0.15, -0.1) is 0 Å². The number of halogens is 2. The summed E-state index contributed by atoms with van der Waals surface area (Å²) in [6.07, 6.45) is 2.28. The molecule has 1 atom stereocenters. The molecule has 122 valence electrons. The number of carbonyl (C=O) groups is 1. The second-order valence-electron chi connectivity index (χ2n) is 5.76. The van der Waals surface area contributed by atoms with Crippen LogP contribution in [-0.2, 0) is 4.74 Å². The normalized spacial score (nSPS) is 15.5. The van der Waals surface area contributed by atoms with Crippen LogP contribution in [0.5, 0.6) is 0 Å². The third-order valence-corrected chi connectivity index (χ3v) is 3.75. The Morgan fingerprint density at radius 2 is 2.00 bits per heavy atom. The summed E-state index contributed by atoms with van der Waals surface area (Å²) in [6.45, 7) is 3.36. The highest BCUT2D eigenvalue weighted by molar-refractivity contribution is 5.74. The molecule has 1 fully saturated rings. The molecule has 0 saturated heterocycles. The largest absolute Gasteiger partial charge is 0.383 e. The van der Waals surface area contributed by atoms with Crippen LogP contribution in [0.4, 0.5) is 13.6 Å². The fourth-order valence-electron chi connectivity index (χ4n) is 2.27. The average molecular weight is 312 g/mol. The number of rotatable bonds is 7. The minimum absolute atomic E-state index is 0.235. The first-order valence-corrected chi connectivity index (χ1v) is 7.50. The molecule has 4 nitrogen and oxygen atoms in total. The molecule has 1 N–H and O–H groups in total. The molecule has 1 aromatic rings. The topological polar surface area (TPSA) is 41.6 Å². The lowest BCUT2D eigenvalue weighted by Gasteiger charge is -2.25. The SMILES string of the molecule is COCCN(CC1CC1)C(=O)NC(C)c1cc(F)cc(F)c1. The van der Waals surface area contributed by atoms with E-state index < -0.39 is 17.7 Å². The van der Waals surface area contributed by atoms with E-state index in [-0.39, 0.29) is 6.03 Å². The summed E-state index contributed by atoms with van der Waals surface area (Å²) < 4.78 is 31.5. The molecular formula is C16H22F2N2O2. The van der Waals surface area contributed by atoms with Gasteiger partial charge in [0.25, 0.3) is 0 Å². The Balaban J connectivity index is 1.97. The van der Waals surface area contributed by atoms with Crippen molar-refractivity contribution in [3.05, 3.63) is 35.4 Å². The van der Waals surface area contributed by atoms with Gasteiger partial charge in [0.15, 0.2) is 0 Å². The minimum atomic E-state index is -0.648. The van der Waals surface area contributed by atoms with Crippen molar-refractivity contribution < 1.29 is 18.3 Å². The molecule has 22 heavy (non-hydrogen) atoms. The van der Waals surface area contributed by atoms with Crippen LogP contribution in [0.2, 0.25) is 0 Å². The maximum Gasteiger partial charge on any atom is 0.317 e. The second-order valence-corrected chi connectivity index (χ2v) is 5.76. The first-order valence-electron chi connectivity index (χ1n) is 7.50. The number of nitrogens with zero attached hydrogens (tertiary/aromatic N) is 1. The molecule has 0 bridgehead atoms. The zero-order valence-corrected chi connectivity index (χ0v) is 12.9. The van der Waals surface area contributed by atoms with Crippen molar-refractivity contribution in [2.45, 2.75) is 25.8 Å². The lowest BCUT2D eigenvalue weighted by molar-refractivity contribution is 0.145. The highest BCUT2D eigenvalue weighted by Gasteiger charge is 2.27. The number of hydrogen-bond acceptors (Lipinski definition) is 2. The molecule has 1 aliphatic rings. The van der Waals surface area contributed by atoms with Gasteiger partial charge in [-0.05, 0) is 43.4 Å². The number of ether oxygens (including phenoxy) is 1. The Morgan fingerprint density at radius 1 is 1.36 bits per heavy atom. The molecule has 1 saturated carbocycles. The molecular weight excluding hydrogens is 290 g/mol. The standard InChI is InChI=1S/C16H22F2N2O2/c1-11(13-7-14(17)9-15(18)8-13)19-16(21)20(5-6-22-2)10-12-3-4-12/h7-9,11-12H,3-6,10H2,1-2H3,(H,19,21). The van der Waals surface area contributed by atoms with Crippen LogP contribution in [0.1, 0.15) is 31.4 Å². The van der Waals surface area contributed by atoms with Crippen LogP contribution < -0.4 is 5.32 Å². The fourth-order valence-corrected chi connectivity index (χ4v) is 2.27. The summed E-state index contributed by atoms with van der Waals surface area (Å²) >= 11 is 0. The molecule has 0 radical (unpaired) electrons. The van der Waals surface area contributed by atoms with Gasteiger partial charge in [-0.2, -0.15) is 0 Å². The molecule has 1 aliphatic carbocycles. The van der Waals surface area contributed by atoms with Gasteiger partial charge in [0.2, 0.25) is 0 Å². The maximum absolute atomic E-state index is 13.3. The Morgan fingerprint density at radius 3 is 2.55 bits per heavy atom. The van der Waals surface area contributed by atoms with Crippen molar-refractivity contribution in [3.8, 4) is 0 Å². The number of nitrogens with one attached hydrogen (secondary N) is 1. The van der Waals surface area contributed by atoms with E-state index in [1.165, 1.54) is 12.1 Å². The van der Waals surface area contributed by atoms with Crippen molar-refractivity contribution in [1.29, 1.82) is 0 Å². The summed E-state index contributed by atoms with van der Waals surface area (Å²) in [5.41, 5.74) is 0.406. The van der Waals surface area contributed by atoms with E-state index in [4.69, 9.17) is 4.74 Å². The molecule has 0 aliphatic heterocycles. The number of carbonyl (C=O) groups excluding carboxylic acids is 1. The molecule has 1 unspecified atom stereocenters. The van der Waals surface area contributed by atoms with Crippen molar-refractivity contribution in [2.24, 2.45) is 5.92 Å². The number of methoxy groups -OCH3 is 1. The predicted octanol–water partition coefficient (Wildman–Crippen LogP) is 3.09. The molecule has 2 rings (SSSR count). The lowest BCUT2D eigenvalue weighted by Crippen LogP contribution is -2.43. The van der Waals surface area contributed by atoms with E-state index in [1.54, 1.807) is 18.9 Å². The second kappa shape index (κ2) is 7.54. The van der Waals surface area contributed by atoms with E-state index in [9.17, 15) is 13.6 Å². The van der Waals surface area contributed by atoms with Crippen LogP contribution in [0.15, 0.2) is 18.2 Å². The summed E-state index contributed by atoms with van der Waals surface area (Å²) in [5, 5.41) is 2.79. The Bertz CT molecular complexity index is 501. The van der Waals surface area contributed by atoms with Crippen molar-refractivity contribution in [2.75, 3.05) is 26.8 Å². The van der Waals surface area contributed by atoms with Gasteiger partial charge in [-0.25, -0.2) is 13.6 Å². The van der Waals surface area contributed by atoms with Crippen molar-refractivity contribution in [3.63, 3.8) is 0 Å². The van der Waals surface area contributed by atoms with Crippen LogP contribution in [0, 0.1) is 17.6 Å². The number of hydrogen-bond donors (Lipinski definition) is 1. The van der Waals surface area contributed by atoms with Gasteiger partial charge >= 0.3 is 6.03 Å². The zero-order chi connectivity index (χ0) is 16.1. The highest BCUT2D eigenvalue weighted by Crippen LogP contribution is 2.29. The first kappa shape index (κ1) is 16.7. The van der Waals surface area contributed by atoms with Crippen LogP contribution in [0.25, 0.3) is 0 Å². The Kier molecular flexibility index (Phi) is 5.71. The van der Waals surface area contributed by atoms with Gasteiger partial charge in [0, 0.05) is 26.3 Å². The molecule has 0 spiro atoms. The number of benzene rings is 1. The van der Waals surface area contributed by atoms with E-state index in [0.717, 1.165) is 18.9 Å². The zero-order valence-electron chi connectivity index (χ0n) is 12.9. The smallest absolute Gasteiger partial charge is 0.317 e. The fraction of sp³-hybridized carbons (Fsp3) is 0.562. The minimum Gasteiger partial charge on any atom is -0.383 e. The van der Waals surface area contributed by atoms with Crippen molar-refractivity contribution >= 4 is 6.03 Å². The van der Waals surface area contributed by atoms with Crippen LogP contribution in [0.3, 0.4) is 0 Å². The van der Waals surface area contributed by atoms with Gasteiger partial charge in [0.1, 0.15) is 11.6 Å². The lowest BCUT2D eigenvalue weighted by atomic mass is 10.1.